The van der Waals surface area contributed by atoms with Gasteiger partial charge in [0.05, 0.1) is 22.8 Å². The summed E-state index contributed by atoms with van der Waals surface area (Å²) in [6.45, 7) is 9.87. The van der Waals surface area contributed by atoms with Crippen molar-refractivity contribution in [3.05, 3.63) is 44.3 Å². The smallest absolute Gasteiger partial charge is 0.417 e. The molecule has 5 rings (SSSR count). The Bertz CT molecular complexity index is 1760. The minimum absolute atomic E-state index is 0.0552. The van der Waals surface area contributed by atoms with Crippen LogP contribution in [0.4, 0.5) is 39.7 Å². The quantitative estimate of drug-likeness (QED) is 0.355. The number of anilines is 3. The van der Waals surface area contributed by atoms with Crippen molar-refractivity contribution >= 4 is 46.7 Å². The molecule has 3 aromatic rings. The van der Waals surface area contributed by atoms with Crippen molar-refractivity contribution in [2.45, 2.75) is 78.4 Å². The van der Waals surface area contributed by atoms with Gasteiger partial charge in [-0.05, 0) is 64.7 Å². The number of hydrogen-bond donors (Lipinski definition) is 1. The first-order chi connectivity index (χ1) is 22.5. The second-order valence-electron chi connectivity index (χ2n) is 13.0. The minimum Gasteiger partial charge on any atom is -0.444 e. The van der Waals surface area contributed by atoms with Gasteiger partial charge in [-0.2, -0.15) is 22.7 Å². The summed E-state index contributed by atoms with van der Waals surface area (Å²) in [6.07, 6.45) is -4.94. The molecule has 48 heavy (non-hydrogen) atoms. The van der Waals surface area contributed by atoms with Crippen molar-refractivity contribution in [3.8, 4) is 0 Å². The lowest BCUT2D eigenvalue weighted by atomic mass is 10.1. The van der Waals surface area contributed by atoms with Crippen molar-refractivity contribution in [3.63, 3.8) is 0 Å². The summed E-state index contributed by atoms with van der Waals surface area (Å²) in [5, 5.41) is 6.54. The van der Waals surface area contributed by atoms with E-state index in [9.17, 15) is 31.9 Å². The van der Waals surface area contributed by atoms with Gasteiger partial charge in [0.2, 0.25) is 17.6 Å². The fraction of sp³-hybridized carbons (Fsp3) is 0.581. The van der Waals surface area contributed by atoms with Crippen LogP contribution in [-0.2, 0) is 28.7 Å². The highest BCUT2D eigenvalue weighted by Crippen LogP contribution is 2.37. The summed E-state index contributed by atoms with van der Waals surface area (Å²) in [6, 6.07) is 1.91. The average molecular weight is 699 g/mol. The molecule has 2 saturated heterocycles. The van der Waals surface area contributed by atoms with Crippen LogP contribution in [0.2, 0.25) is 5.02 Å². The number of ether oxygens (including phenoxy) is 1. The third-order valence-corrected chi connectivity index (χ3v) is 8.55. The zero-order valence-electron chi connectivity index (χ0n) is 27.5. The number of rotatable bonds is 6. The maximum atomic E-state index is 14.3. The number of fused-ring (bicyclic) bond motifs is 1. The number of nitrogens with zero attached hydrogens (tertiary/aromatic N) is 7. The second kappa shape index (κ2) is 13.4. The Morgan fingerprint density at radius 3 is 2.38 bits per heavy atom. The molecule has 1 aromatic carbocycles. The Morgan fingerprint density at radius 2 is 1.77 bits per heavy atom. The molecule has 0 saturated carbocycles. The second-order valence-corrected chi connectivity index (χ2v) is 13.4. The molecule has 2 aliphatic rings. The van der Waals surface area contributed by atoms with E-state index in [2.05, 4.69) is 15.4 Å². The molecular weight excluding hydrogens is 660 g/mol. The van der Waals surface area contributed by atoms with Crippen molar-refractivity contribution in [2.24, 2.45) is 0 Å². The first kappa shape index (κ1) is 35.2. The molecule has 2 aromatic heterocycles. The molecule has 12 nitrogen and oxygen atoms in total. The molecule has 2 aliphatic heterocycles. The van der Waals surface area contributed by atoms with Gasteiger partial charge in [-0.25, -0.2) is 9.18 Å². The van der Waals surface area contributed by atoms with Gasteiger partial charge in [0.1, 0.15) is 24.0 Å². The van der Waals surface area contributed by atoms with E-state index in [4.69, 9.17) is 16.3 Å². The fourth-order valence-electron chi connectivity index (χ4n) is 5.97. The van der Waals surface area contributed by atoms with Gasteiger partial charge < -0.3 is 29.3 Å². The van der Waals surface area contributed by atoms with Crippen LogP contribution >= 0.6 is 11.6 Å². The number of halogens is 5. The molecule has 2 fully saturated rings. The molecular formula is C31H39ClF4N8O4. The number of nitrogens with one attached hydrogen (secondary N) is 1. The van der Waals surface area contributed by atoms with Gasteiger partial charge in [0.15, 0.2) is 0 Å². The normalized spacial score (nSPS) is 17.6. The van der Waals surface area contributed by atoms with Crippen molar-refractivity contribution in [2.75, 3.05) is 54.4 Å². The number of alkyl halides is 4. The molecule has 1 unspecified atom stereocenters. The third kappa shape index (κ3) is 7.47. The van der Waals surface area contributed by atoms with Crippen molar-refractivity contribution in [1.82, 2.24) is 24.1 Å². The third-order valence-electron chi connectivity index (χ3n) is 8.24. The van der Waals surface area contributed by atoms with Crippen LogP contribution < -0.4 is 20.7 Å². The molecule has 0 radical (unpaired) electrons. The number of carbonyl (C=O) groups is 2. The highest BCUT2D eigenvalue weighted by Gasteiger charge is 2.34. The number of aryl methyl sites for hydroxylation is 1. The largest absolute Gasteiger partial charge is 0.444 e. The van der Waals surface area contributed by atoms with Crippen LogP contribution in [0.5, 0.6) is 0 Å². The van der Waals surface area contributed by atoms with Crippen LogP contribution in [-0.4, -0.2) is 87.1 Å². The maximum absolute atomic E-state index is 14.3. The van der Waals surface area contributed by atoms with Crippen LogP contribution in [0.15, 0.2) is 16.9 Å². The molecule has 4 heterocycles. The van der Waals surface area contributed by atoms with Gasteiger partial charge in [-0.3, -0.25) is 9.59 Å². The van der Waals surface area contributed by atoms with E-state index in [-0.39, 0.29) is 54.8 Å². The number of hydrogen-bond acceptors (Lipinski definition) is 8. The maximum Gasteiger partial charge on any atom is 0.417 e. The fourth-order valence-corrected chi connectivity index (χ4v) is 6.24. The van der Waals surface area contributed by atoms with Gasteiger partial charge in [-0.15, -0.1) is 5.10 Å². The minimum atomic E-state index is -4.67. The molecule has 1 N–H and O–H groups in total. The molecule has 2 amide bonds. The number of carbonyl (C=O) groups excluding carboxylic acids is 2. The highest BCUT2D eigenvalue weighted by atomic mass is 35.5. The SMILES string of the molecule is CCc1c(N2CCN(C(=O)OC(C)(C)C)CC2)c(=O)n2nc(N3CCCC(F)C3)nc2n1CC(=O)Nc1cc(Cl)c(C(F)(F)F)cc1C. The lowest BCUT2D eigenvalue weighted by Crippen LogP contribution is -2.51. The van der Waals surface area contributed by atoms with E-state index in [0.29, 0.717) is 44.6 Å². The molecule has 0 aliphatic carbocycles. The van der Waals surface area contributed by atoms with Gasteiger partial charge >= 0.3 is 12.3 Å². The average Bonchev–Trinajstić information content (AvgIpc) is 3.45. The summed E-state index contributed by atoms with van der Waals surface area (Å²) in [4.78, 5) is 50.0. The number of piperidine rings is 1. The monoisotopic (exact) mass is 698 g/mol. The Labute approximate surface area is 279 Å². The van der Waals surface area contributed by atoms with Crippen LogP contribution in [0.1, 0.15) is 57.4 Å². The van der Waals surface area contributed by atoms with E-state index >= 15 is 0 Å². The van der Waals surface area contributed by atoms with Gasteiger partial charge in [-0.1, -0.05) is 18.5 Å². The van der Waals surface area contributed by atoms with E-state index in [0.717, 1.165) is 16.6 Å². The topological polar surface area (TPSA) is 117 Å². The summed E-state index contributed by atoms with van der Waals surface area (Å²) in [5.74, 6) is -0.412. The molecule has 0 bridgehead atoms. The Morgan fingerprint density at radius 1 is 1.08 bits per heavy atom. The van der Waals surface area contributed by atoms with E-state index in [1.807, 2.05) is 11.8 Å². The molecule has 0 spiro atoms. The van der Waals surface area contributed by atoms with Gasteiger partial charge in [0.25, 0.3) is 5.56 Å². The number of amides is 2. The van der Waals surface area contributed by atoms with E-state index in [1.165, 1.54) is 6.92 Å². The predicted octanol–water partition coefficient (Wildman–Crippen LogP) is 5.07. The van der Waals surface area contributed by atoms with E-state index < -0.39 is 46.1 Å². The summed E-state index contributed by atoms with van der Waals surface area (Å²) in [5.41, 5.74) is -1.19. The molecule has 262 valence electrons. The van der Waals surface area contributed by atoms with Crippen LogP contribution in [0.3, 0.4) is 0 Å². The standard InChI is InChI=1S/C31H39ClF4N8O4/c1-6-23-25(40-10-12-41(13-11-40)29(47)48-30(3,4)5)26(46)44-28(38-27(39-44)42-9-7-8-19(33)16-42)43(23)17-24(45)37-22-15-21(32)20(14-18(22)2)31(34,35)36/h14-15,19H,6-13,16-17H2,1-5H3,(H,37,45). The number of aromatic nitrogens is 4. The van der Waals surface area contributed by atoms with Crippen LogP contribution in [0.25, 0.3) is 5.78 Å². The van der Waals surface area contributed by atoms with E-state index in [1.54, 1.807) is 35.1 Å². The zero-order valence-corrected chi connectivity index (χ0v) is 28.2. The summed E-state index contributed by atoms with van der Waals surface area (Å²) < 4.78 is 62.6. The lowest BCUT2D eigenvalue weighted by Gasteiger charge is -2.37. The number of piperazine rings is 1. The van der Waals surface area contributed by atoms with Crippen LogP contribution in [0, 0.1) is 6.92 Å². The van der Waals surface area contributed by atoms with Crippen molar-refractivity contribution in [1.29, 1.82) is 0 Å². The van der Waals surface area contributed by atoms with Crippen molar-refractivity contribution < 1.29 is 31.9 Å². The summed E-state index contributed by atoms with van der Waals surface area (Å²) in [7, 11) is 0. The number of benzene rings is 1. The molecule has 17 heteroatoms. The summed E-state index contributed by atoms with van der Waals surface area (Å²) >= 11 is 5.93. The predicted molar refractivity (Wildman–Crippen MR) is 173 cm³/mol. The Hall–Kier alpha value is -4.08. The first-order valence-electron chi connectivity index (χ1n) is 15.8. The highest BCUT2D eigenvalue weighted by molar-refractivity contribution is 6.31. The first-order valence-corrected chi connectivity index (χ1v) is 16.2. The van der Waals surface area contributed by atoms with Gasteiger partial charge in [0, 0.05) is 38.4 Å². The molecule has 1 atom stereocenters. The lowest BCUT2D eigenvalue weighted by molar-refractivity contribution is -0.137. The Balaban J connectivity index is 1.52. The zero-order chi connectivity index (χ0) is 35.1. The Kier molecular flexibility index (Phi) is 9.86.